The number of para-hydroxylation sites is 1. The van der Waals surface area contributed by atoms with Gasteiger partial charge in [-0.2, -0.15) is 0 Å². The van der Waals surface area contributed by atoms with Crippen LogP contribution in [0.15, 0.2) is 61.3 Å². The largest absolute Gasteiger partial charge is 0.496 e. The van der Waals surface area contributed by atoms with E-state index < -0.39 is 0 Å². The fourth-order valence-electron chi connectivity index (χ4n) is 5.95. The molecule has 0 spiro atoms. The van der Waals surface area contributed by atoms with Crippen molar-refractivity contribution < 1.29 is 9.53 Å². The van der Waals surface area contributed by atoms with E-state index in [9.17, 15) is 4.79 Å². The summed E-state index contributed by atoms with van der Waals surface area (Å²) < 4.78 is 5.43. The zero-order chi connectivity index (χ0) is 24.5. The summed E-state index contributed by atoms with van der Waals surface area (Å²) in [6.45, 7) is 10.1. The van der Waals surface area contributed by atoms with Gasteiger partial charge in [-0.3, -0.25) is 9.88 Å². The maximum atomic E-state index is 13.4. The third-order valence-corrected chi connectivity index (χ3v) is 8.05. The van der Waals surface area contributed by atoms with E-state index in [1.807, 2.05) is 50.4 Å². The molecule has 3 aliphatic heterocycles. The van der Waals surface area contributed by atoms with Crippen LogP contribution in [-0.2, 0) is 0 Å². The first kappa shape index (κ1) is 23.4. The highest BCUT2D eigenvalue weighted by atomic mass is 16.5. The number of methoxy groups -OCH3 is 1. The van der Waals surface area contributed by atoms with Crippen LogP contribution in [0.1, 0.15) is 35.6 Å². The number of ether oxygens (including phenoxy) is 1. The van der Waals surface area contributed by atoms with Crippen LogP contribution in [0.25, 0.3) is 10.9 Å². The number of benzene rings is 2. The van der Waals surface area contributed by atoms with Crippen LogP contribution < -0.4 is 15.4 Å². The Morgan fingerprint density at radius 2 is 2.03 bits per heavy atom. The summed E-state index contributed by atoms with van der Waals surface area (Å²) in [5.41, 5.74) is 4.86. The molecule has 2 amide bonds. The van der Waals surface area contributed by atoms with Gasteiger partial charge in [-0.05, 0) is 86.0 Å². The van der Waals surface area contributed by atoms with E-state index in [1.54, 1.807) is 7.11 Å². The van der Waals surface area contributed by atoms with Crippen molar-refractivity contribution in [2.45, 2.75) is 38.8 Å². The van der Waals surface area contributed by atoms with Crippen molar-refractivity contribution in [1.29, 1.82) is 0 Å². The Morgan fingerprint density at radius 3 is 2.77 bits per heavy atom. The third-order valence-electron chi connectivity index (χ3n) is 8.05. The van der Waals surface area contributed by atoms with Crippen molar-refractivity contribution in [3.8, 4) is 5.75 Å². The first-order chi connectivity index (χ1) is 17.0. The quantitative estimate of drug-likeness (QED) is 0.459. The van der Waals surface area contributed by atoms with Crippen molar-refractivity contribution in [3.63, 3.8) is 0 Å². The second-order valence-electron chi connectivity index (χ2n) is 9.81. The predicted octanol–water partition coefficient (Wildman–Crippen LogP) is 5.62. The van der Waals surface area contributed by atoms with Crippen molar-refractivity contribution in [2.75, 3.05) is 25.5 Å². The molecule has 0 radical (unpaired) electrons. The normalized spacial score (nSPS) is 24.1. The van der Waals surface area contributed by atoms with Crippen LogP contribution >= 0.6 is 0 Å². The lowest BCUT2D eigenvalue weighted by Crippen LogP contribution is -2.57. The number of nitrogens with one attached hydrogen (secondary N) is 2. The molecule has 1 aromatic heterocycles. The van der Waals surface area contributed by atoms with Gasteiger partial charge in [-0.1, -0.05) is 24.3 Å². The SMILES string of the molecule is C=CC1CN2CCC1CC2[C@H](NC(=O)Nc1ccc(OC)c(C)c1C)c1ccnc2ccccc12. The maximum Gasteiger partial charge on any atom is 0.319 e. The molecular weight excluding hydrogens is 436 g/mol. The lowest BCUT2D eigenvalue weighted by Gasteiger charge is -2.51. The number of fused-ring (bicyclic) bond motifs is 4. The van der Waals surface area contributed by atoms with Crippen molar-refractivity contribution in [2.24, 2.45) is 11.8 Å². The van der Waals surface area contributed by atoms with Gasteiger partial charge in [-0.15, -0.1) is 6.58 Å². The number of pyridine rings is 1. The Bertz CT molecular complexity index is 1250. The molecule has 3 aliphatic rings. The van der Waals surface area contributed by atoms with Gasteiger partial charge in [0.25, 0.3) is 0 Å². The molecule has 4 unspecified atom stereocenters. The fourth-order valence-corrected chi connectivity index (χ4v) is 5.95. The summed E-state index contributed by atoms with van der Waals surface area (Å²) >= 11 is 0. The lowest BCUT2D eigenvalue weighted by atomic mass is 9.73. The molecule has 3 saturated heterocycles. The van der Waals surface area contributed by atoms with Gasteiger partial charge >= 0.3 is 6.03 Å². The molecule has 6 heteroatoms. The van der Waals surface area contributed by atoms with E-state index in [0.29, 0.717) is 11.8 Å². The molecule has 2 N–H and O–H groups in total. The van der Waals surface area contributed by atoms with Gasteiger partial charge in [0.1, 0.15) is 5.75 Å². The molecule has 3 aromatic rings. The maximum absolute atomic E-state index is 13.4. The molecule has 0 saturated carbocycles. The van der Waals surface area contributed by atoms with E-state index in [2.05, 4.69) is 45.3 Å². The predicted molar refractivity (Wildman–Crippen MR) is 141 cm³/mol. The molecule has 6 rings (SSSR count). The average Bonchev–Trinajstić information content (AvgIpc) is 2.90. The van der Waals surface area contributed by atoms with Crippen LogP contribution in [0.5, 0.6) is 5.75 Å². The second kappa shape index (κ2) is 9.70. The summed E-state index contributed by atoms with van der Waals surface area (Å²) in [4.78, 5) is 20.5. The Hall–Kier alpha value is -3.38. The summed E-state index contributed by atoms with van der Waals surface area (Å²) in [6.07, 6.45) is 6.19. The number of urea groups is 1. The number of rotatable bonds is 6. The van der Waals surface area contributed by atoms with Gasteiger partial charge in [0, 0.05) is 29.9 Å². The summed E-state index contributed by atoms with van der Waals surface area (Å²) in [5, 5.41) is 7.54. The number of carbonyl (C=O) groups is 1. The summed E-state index contributed by atoms with van der Waals surface area (Å²) in [6, 6.07) is 13.9. The van der Waals surface area contributed by atoms with Crippen molar-refractivity contribution >= 4 is 22.6 Å². The molecule has 35 heavy (non-hydrogen) atoms. The minimum absolute atomic E-state index is 0.156. The van der Waals surface area contributed by atoms with Gasteiger partial charge in [0.05, 0.1) is 18.7 Å². The standard InChI is InChI=1S/C29H34N4O2/c1-5-20-17-33-15-13-21(20)16-26(33)28(23-12-14-30-25-9-7-6-8-22(23)25)32-29(34)31-24-10-11-27(35-4)19(3)18(24)2/h5-12,14,20-21,26,28H,1,13,15-17H2,2-4H3,(H2,31,32,34)/t20?,21?,26?,28-/m1/s1. The minimum atomic E-state index is -0.202. The highest BCUT2D eigenvalue weighted by Crippen LogP contribution is 2.42. The molecule has 2 bridgehead atoms. The highest BCUT2D eigenvalue weighted by Gasteiger charge is 2.43. The number of hydrogen-bond donors (Lipinski definition) is 2. The lowest BCUT2D eigenvalue weighted by molar-refractivity contribution is 0.00340. The number of amides is 2. The van der Waals surface area contributed by atoms with Crippen molar-refractivity contribution in [1.82, 2.24) is 15.2 Å². The van der Waals surface area contributed by atoms with Gasteiger partial charge in [-0.25, -0.2) is 4.79 Å². The van der Waals surface area contributed by atoms with Crippen LogP contribution in [0, 0.1) is 25.7 Å². The number of anilines is 1. The van der Waals surface area contributed by atoms with E-state index >= 15 is 0 Å². The van der Waals surface area contributed by atoms with E-state index in [-0.39, 0.29) is 18.1 Å². The number of aromatic nitrogens is 1. The number of piperidine rings is 3. The molecule has 5 atom stereocenters. The molecule has 182 valence electrons. The van der Waals surface area contributed by atoms with Gasteiger partial charge in [0.2, 0.25) is 0 Å². The average molecular weight is 471 g/mol. The van der Waals surface area contributed by atoms with Crippen LogP contribution in [0.3, 0.4) is 0 Å². The Balaban J connectivity index is 1.47. The first-order valence-corrected chi connectivity index (χ1v) is 12.4. The van der Waals surface area contributed by atoms with Crippen molar-refractivity contribution in [3.05, 3.63) is 78.0 Å². The molecule has 0 aliphatic carbocycles. The first-order valence-electron chi connectivity index (χ1n) is 12.4. The number of carbonyl (C=O) groups excluding carboxylic acids is 1. The molecule has 2 aromatic carbocycles. The molecule has 4 heterocycles. The molecular formula is C29H34N4O2. The Labute approximate surface area is 207 Å². The summed E-state index contributed by atoms with van der Waals surface area (Å²) in [7, 11) is 1.66. The molecule has 3 fully saturated rings. The topological polar surface area (TPSA) is 66.5 Å². The zero-order valence-corrected chi connectivity index (χ0v) is 20.8. The van der Waals surface area contributed by atoms with E-state index in [1.165, 1.54) is 6.42 Å². The second-order valence-corrected chi connectivity index (χ2v) is 9.81. The Morgan fingerprint density at radius 1 is 1.20 bits per heavy atom. The van der Waals surface area contributed by atoms with Crippen LogP contribution in [-0.4, -0.2) is 42.2 Å². The smallest absolute Gasteiger partial charge is 0.319 e. The third kappa shape index (κ3) is 4.39. The van der Waals surface area contributed by atoms with Gasteiger partial charge < -0.3 is 15.4 Å². The number of hydrogen-bond acceptors (Lipinski definition) is 4. The fraction of sp³-hybridized carbons (Fsp3) is 0.379. The van der Waals surface area contributed by atoms with Gasteiger partial charge in [0.15, 0.2) is 0 Å². The van der Waals surface area contributed by atoms with Crippen LogP contribution in [0.4, 0.5) is 10.5 Å². The van der Waals surface area contributed by atoms with Crippen LogP contribution in [0.2, 0.25) is 0 Å². The highest BCUT2D eigenvalue weighted by molar-refractivity contribution is 5.91. The van der Waals surface area contributed by atoms with E-state index in [0.717, 1.165) is 58.5 Å². The molecule has 6 nitrogen and oxygen atoms in total. The Kier molecular flexibility index (Phi) is 6.48. The number of nitrogens with zero attached hydrogens (tertiary/aromatic N) is 2. The summed E-state index contributed by atoms with van der Waals surface area (Å²) in [5.74, 6) is 1.94. The monoisotopic (exact) mass is 470 g/mol. The van der Waals surface area contributed by atoms with E-state index in [4.69, 9.17) is 4.74 Å². The minimum Gasteiger partial charge on any atom is -0.496 e. The zero-order valence-electron chi connectivity index (χ0n) is 20.8.